The Morgan fingerprint density at radius 1 is 1.61 bits per heavy atom. The molecule has 0 spiro atoms. The van der Waals surface area contributed by atoms with Gasteiger partial charge in [0.15, 0.2) is 0 Å². The number of nitrogen functional groups attached to an aromatic ring is 1. The van der Waals surface area contributed by atoms with Gasteiger partial charge in [-0.3, -0.25) is 5.41 Å². The summed E-state index contributed by atoms with van der Waals surface area (Å²) in [5.74, 6) is 1.58. The maximum absolute atomic E-state index is 7.52. The van der Waals surface area contributed by atoms with Crippen molar-refractivity contribution in [3.05, 3.63) is 23.4 Å². The Balaban J connectivity index is 2.16. The number of nitrogens with two attached hydrogens (primary N) is 1. The molecule has 2 heterocycles. The van der Waals surface area contributed by atoms with E-state index in [1.165, 1.54) is 0 Å². The molecule has 98 valence electrons. The van der Waals surface area contributed by atoms with Gasteiger partial charge in [0.1, 0.15) is 11.7 Å². The number of amidine groups is 1. The molecule has 18 heavy (non-hydrogen) atoms. The number of pyridine rings is 1. The van der Waals surface area contributed by atoms with Gasteiger partial charge in [-0.2, -0.15) is 0 Å². The molecule has 1 saturated heterocycles. The molecule has 1 aromatic heterocycles. The van der Waals surface area contributed by atoms with E-state index in [2.05, 4.69) is 9.88 Å². The molecule has 0 aromatic carbocycles. The van der Waals surface area contributed by atoms with E-state index in [9.17, 15) is 0 Å². The molecule has 0 radical (unpaired) electrons. The number of ether oxygens (including phenoxy) is 1. The van der Waals surface area contributed by atoms with Gasteiger partial charge in [-0.05, 0) is 25.5 Å². The van der Waals surface area contributed by atoms with Crippen LogP contribution in [-0.2, 0) is 4.74 Å². The first-order valence-electron chi connectivity index (χ1n) is 6.17. The molecule has 0 bridgehead atoms. The lowest BCUT2D eigenvalue weighted by molar-refractivity contribution is 0.161. The van der Waals surface area contributed by atoms with E-state index in [1.807, 2.05) is 19.1 Å². The van der Waals surface area contributed by atoms with Gasteiger partial charge in [0.25, 0.3) is 0 Å². The van der Waals surface area contributed by atoms with Gasteiger partial charge in [0.2, 0.25) is 0 Å². The number of hydrogen-bond acceptors (Lipinski definition) is 4. The standard InChI is InChI=1S/C13H20N4O/c1-9-5-11(13(14)15)6-12(16-9)17-4-3-10(7-17)8-18-2/h5-6,10H,3-4,7-8H2,1-2H3,(H3,14,15). The predicted molar refractivity (Wildman–Crippen MR) is 72.2 cm³/mol. The van der Waals surface area contributed by atoms with Crippen LogP contribution in [0.2, 0.25) is 0 Å². The second-order valence-electron chi connectivity index (χ2n) is 4.83. The summed E-state index contributed by atoms with van der Waals surface area (Å²) < 4.78 is 5.19. The Morgan fingerprint density at radius 2 is 2.39 bits per heavy atom. The number of anilines is 1. The zero-order chi connectivity index (χ0) is 13.1. The molecule has 1 fully saturated rings. The predicted octanol–water partition coefficient (Wildman–Crippen LogP) is 1.15. The van der Waals surface area contributed by atoms with Crippen LogP contribution in [0.4, 0.5) is 5.82 Å². The van der Waals surface area contributed by atoms with E-state index in [-0.39, 0.29) is 5.84 Å². The number of aromatic nitrogens is 1. The summed E-state index contributed by atoms with van der Waals surface area (Å²) >= 11 is 0. The molecule has 1 atom stereocenters. The molecule has 3 N–H and O–H groups in total. The SMILES string of the molecule is COCC1CCN(c2cc(C(=N)N)cc(C)n2)C1. The molecule has 5 nitrogen and oxygen atoms in total. The first kappa shape index (κ1) is 12.8. The van der Waals surface area contributed by atoms with Crippen molar-refractivity contribution in [2.45, 2.75) is 13.3 Å². The molecule has 1 aliphatic heterocycles. The lowest BCUT2D eigenvalue weighted by Crippen LogP contribution is -2.23. The zero-order valence-electron chi connectivity index (χ0n) is 10.9. The van der Waals surface area contributed by atoms with Crippen LogP contribution in [0.3, 0.4) is 0 Å². The van der Waals surface area contributed by atoms with E-state index >= 15 is 0 Å². The van der Waals surface area contributed by atoms with Gasteiger partial charge in [0, 0.05) is 37.4 Å². The van der Waals surface area contributed by atoms with E-state index < -0.39 is 0 Å². The summed E-state index contributed by atoms with van der Waals surface area (Å²) in [7, 11) is 1.74. The summed E-state index contributed by atoms with van der Waals surface area (Å²) in [4.78, 5) is 6.76. The third-order valence-electron chi connectivity index (χ3n) is 3.26. The number of nitrogens with zero attached hydrogens (tertiary/aromatic N) is 2. The summed E-state index contributed by atoms with van der Waals surface area (Å²) in [5, 5.41) is 7.52. The van der Waals surface area contributed by atoms with Crippen molar-refractivity contribution in [1.82, 2.24) is 4.98 Å². The molecular weight excluding hydrogens is 228 g/mol. The van der Waals surface area contributed by atoms with Crippen LogP contribution >= 0.6 is 0 Å². The smallest absolute Gasteiger partial charge is 0.129 e. The number of hydrogen-bond donors (Lipinski definition) is 2. The van der Waals surface area contributed by atoms with Crippen LogP contribution in [0.5, 0.6) is 0 Å². The first-order valence-corrected chi connectivity index (χ1v) is 6.17. The normalized spacial score (nSPS) is 19.2. The zero-order valence-corrected chi connectivity index (χ0v) is 10.9. The van der Waals surface area contributed by atoms with Gasteiger partial charge in [-0.1, -0.05) is 0 Å². The lowest BCUT2D eigenvalue weighted by atomic mass is 10.1. The maximum Gasteiger partial charge on any atom is 0.129 e. The highest BCUT2D eigenvalue weighted by atomic mass is 16.5. The highest BCUT2D eigenvalue weighted by molar-refractivity contribution is 5.95. The molecule has 2 rings (SSSR count). The number of nitrogens with one attached hydrogen (secondary N) is 1. The minimum atomic E-state index is 0.0920. The average molecular weight is 248 g/mol. The second kappa shape index (κ2) is 5.35. The van der Waals surface area contributed by atoms with Gasteiger partial charge < -0.3 is 15.4 Å². The van der Waals surface area contributed by atoms with E-state index in [4.69, 9.17) is 15.9 Å². The minimum absolute atomic E-state index is 0.0920. The number of rotatable bonds is 4. The number of aryl methyl sites for hydroxylation is 1. The third kappa shape index (κ3) is 2.79. The summed E-state index contributed by atoms with van der Waals surface area (Å²) in [5.41, 5.74) is 7.18. The van der Waals surface area contributed by atoms with Crippen LogP contribution in [0, 0.1) is 18.3 Å². The van der Waals surface area contributed by atoms with Crippen LogP contribution in [0.1, 0.15) is 17.7 Å². The monoisotopic (exact) mass is 248 g/mol. The van der Waals surface area contributed by atoms with Gasteiger partial charge in [-0.25, -0.2) is 4.98 Å². The topological polar surface area (TPSA) is 75.2 Å². The Morgan fingerprint density at radius 3 is 3.06 bits per heavy atom. The molecule has 0 amide bonds. The maximum atomic E-state index is 7.52. The van der Waals surface area contributed by atoms with Crippen LogP contribution in [0.15, 0.2) is 12.1 Å². The molecule has 0 saturated carbocycles. The quantitative estimate of drug-likeness (QED) is 0.619. The summed E-state index contributed by atoms with van der Waals surface area (Å²) in [6.45, 7) is 4.67. The van der Waals surface area contributed by atoms with Crippen LogP contribution < -0.4 is 10.6 Å². The van der Waals surface area contributed by atoms with Crippen LogP contribution in [-0.4, -0.2) is 37.6 Å². The second-order valence-corrected chi connectivity index (χ2v) is 4.83. The largest absolute Gasteiger partial charge is 0.384 e. The van der Waals surface area contributed by atoms with Crippen LogP contribution in [0.25, 0.3) is 0 Å². The summed E-state index contributed by atoms with van der Waals surface area (Å²) in [6, 6.07) is 3.74. The molecule has 1 unspecified atom stereocenters. The fraction of sp³-hybridized carbons (Fsp3) is 0.538. The lowest BCUT2D eigenvalue weighted by Gasteiger charge is -2.18. The van der Waals surface area contributed by atoms with Crippen molar-refractivity contribution in [1.29, 1.82) is 5.41 Å². The summed E-state index contributed by atoms with van der Waals surface area (Å²) in [6.07, 6.45) is 1.12. The van der Waals surface area contributed by atoms with Gasteiger partial charge in [-0.15, -0.1) is 0 Å². The fourth-order valence-electron chi connectivity index (χ4n) is 2.38. The van der Waals surface area contributed by atoms with Crippen molar-refractivity contribution in [2.24, 2.45) is 11.7 Å². The van der Waals surface area contributed by atoms with E-state index in [0.29, 0.717) is 5.92 Å². The minimum Gasteiger partial charge on any atom is -0.384 e. The highest BCUT2D eigenvalue weighted by Gasteiger charge is 2.23. The average Bonchev–Trinajstić information content (AvgIpc) is 2.77. The number of methoxy groups -OCH3 is 1. The molecule has 1 aromatic rings. The van der Waals surface area contributed by atoms with E-state index in [1.54, 1.807) is 7.11 Å². The van der Waals surface area contributed by atoms with Gasteiger partial charge >= 0.3 is 0 Å². The molecule has 0 aliphatic carbocycles. The Labute approximate surface area is 107 Å². The van der Waals surface area contributed by atoms with Crippen molar-refractivity contribution in [3.63, 3.8) is 0 Å². The fourth-order valence-corrected chi connectivity index (χ4v) is 2.38. The van der Waals surface area contributed by atoms with Crippen molar-refractivity contribution >= 4 is 11.7 Å². The Hall–Kier alpha value is -1.62. The van der Waals surface area contributed by atoms with Crippen molar-refractivity contribution in [2.75, 3.05) is 31.7 Å². The Kier molecular flexibility index (Phi) is 3.81. The first-order chi connectivity index (χ1) is 8.60. The highest BCUT2D eigenvalue weighted by Crippen LogP contribution is 2.23. The molecule has 1 aliphatic rings. The Bertz CT molecular complexity index is 447. The van der Waals surface area contributed by atoms with Crippen molar-refractivity contribution in [3.8, 4) is 0 Å². The van der Waals surface area contributed by atoms with E-state index in [0.717, 1.165) is 43.2 Å². The molecule has 5 heteroatoms. The van der Waals surface area contributed by atoms with Crippen molar-refractivity contribution < 1.29 is 4.74 Å². The van der Waals surface area contributed by atoms with Gasteiger partial charge in [0.05, 0.1) is 6.61 Å². The third-order valence-corrected chi connectivity index (χ3v) is 3.26. The molecular formula is C13H20N4O.